The normalized spacial score (nSPS) is 14.0. The SMILES string of the molecule is NC(=O)Nc1ccc(C(=O)N2CC=C(c3c[nH]c4cc(F)ccc34)CC2)cc1. The lowest BCUT2D eigenvalue weighted by molar-refractivity contribution is 0.0773. The van der Waals surface area contributed by atoms with E-state index in [-0.39, 0.29) is 11.7 Å². The van der Waals surface area contributed by atoms with Gasteiger partial charge >= 0.3 is 6.03 Å². The Bertz CT molecular complexity index is 1090. The van der Waals surface area contributed by atoms with Crippen LogP contribution in [0.5, 0.6) is 0 Å². The standard InChI is InChI=1S/C21H19FN4O2/c22-15-3-6-17-18(12-24-19(17)11-15)13-7-9-26(10-8-13)20(27)14-1-4-16(5-2-14)25-21(23)28/h1-7,11-12,24H,8-10H2,(H3,23,25,28). The number of aromatic amines is 1. The highest BCUT2D eigenvalue weighted by atomic mass is 19.1. The Morgan fingerprint density at radius 3 is 2.61 bits per heavy atom. The summed E-state index contributed by atoms with van der Waals surface area (Å²) in [6, 6.07) is 10.7. The molecule has 0 saturated heterocycles. The number of anilines is 1. The summed E-state index contributed by atoms with van der Waals surface area (Å²) in [5, 5.41) is 3.44. The number of halogens is 1. The fourth-order valence-corrected chi connectivity index (χ4v) is 3.48. The summed E-state index contributed by atoms with van der Waals surface area (Å²) in [6.45, 7) is 1.10. The first kappa shape index (κ1) is 17.8. The van der Waals surface area contributed by atoms with Crippen LogP contribution >= 0.6 is 0 Å². The third-order valence-corrected chi connectivity index (χ3v) is 4.89. The van der Waals surface area contributed by atoms with Crippen molar-refractivity contribution in [3.63, 3.8) is 0 Å². The highest BCUT2D eigenvalue weighted by molar-refractivity contribution is 5.97. The Morgan fingerprint density at radius 2 is 1.93 bits per heavy atom. The molecule has 28 heavy (non-hydrogen) atoms. The monoisotopic (exact) mass is 378 g/mol. The molecule has 1 aromatic heterocycles. The Labute approximate surface area is 160 Å². The predicted molar refractivity (Wildman–Crippen MR) is 106 cm³/mol. The number of primary amides is 1. The molecule has 142 valence electrons. The van der Waals surface area contributed by atoms with Crippen molar-refractivity contribution in [2.24, 2.45) is 5.73 Å². The van der Waals surface area contributed by atoms with Gasteiger partial charge in [0, 0.05) is 47.0 Å². The number of urea groups is 1. The number of nitrogens with zero attached hydrogens (tertiary/aromatic N) is 1. The molecule has 2 aromatic carbocycles. The fourth-order valence-electron chi connectivity index (χ4n) is 3.48. The molecule has 0 aliphatic carbocycles. The number of fused-ring (bicyclic) bond motifs is 1. The molecule has 0 bridgehead atoms. The van der Waals surface area contributed by atoms with Crippen LogP contribution in [0, 0.1) is 5.82 Å². The first-order valence-electron chi connectivity index (χ1n) is 8.93. The van der Waals surface area contributed by atoms with Crippen molar-refractivity contribution >= 4 is 34.1 Å². The van der Waals surface area contributed by atoms with Gasteiger partial charge in [-0.1, -0.05) is 6.08 Å². The molecule has 0 fully saturated rings. The van der Waals surface area contributed by atoms with Gasteiger partial charge in [0.1, 0.15) is 5.82 Å². The molecule has 0 saturated carbocycles. The lowest BCUT2D eigenvalue weighted by Gasteiger charge is -2.26. The molecule has 1 aliphatic rings. The van der Waals surface area contributed by atoms with Crippen LogP contribution in [0.2, 0.25) is 0 Å². The number of hydrogen-bond donors (Lipinski definition) is 3. The molecule has 0 atom stereocenters. The summed E-state index contributed by atoms with van der Waals surface area (Å²) in [5.41, 5.74) is 9.12. The zero-order chi connectivity index (χ0) is 19.7. The molecule has 0 spiro atoms. The van der Waals surface area contributed by atoms with Crippen LogP contribution in [0.3, 0.4) is 0 Å². The minimum absolute atomic E-state index is 0.0677. The number of rotatable bonds is 3. The quantitative estimate of drug-likeness (QED) is 0.648. The second kappa shape index (κ2) is 7.19. The number of H-pyrrole nitrogens is 1. The lowest BCUT2D eigenvalue weighted by Crippen LogP contribution is -2.34. The second-order valence-electron chi connectivity index (χ2n) is 6.69. The summed E-state index contributed by atoms with van der Waals surface area (Å²) >= 11 is 0. The van der Waals surface area contributed by atoms with E-state index < -0.39 is 6.03 Å². The Morgan fingerprint density at radius 1 is 1.14 bits per heavy atom. The van der Waals surface area contributed by atoms with Crippen LogP contribution in [0.15, 0.2) is 54.7 Å². The van der Waals surface area contributed by atoms with E-state index in [0.717, 1.165) is 28.5 Å². The van der Waals surface area contributed by atoms with Gasteiger partial charge in [-0.05, 0) is 54.5 Å². The van der Waals surface area contributed by atoms with Gasteiger partial charge in [0.2, 0.25) is 0 Å². The topological polar surface area (TPSA) is 91.2 Å². The number of carbonyl (C=O) groups is 2. The van der Waals surface area contributed by atoms with Gasteiger partial charge in [-0.25, -0.2) is 9.18 Å². The van der Waals surface area contributed by atoms with Crippen LogP contribution in [0.4, 0.5) is 14.9 Å². The molecule has 4 N–H and O–H groups in total. The molecule has 3 amide bonds. The van der Waals surface area contributed by atoms with Gasteiger partial charge in [-0.2, -0.15) is 0 Å². The number of amides is 3. The van der Waals surface area contributed by atoms with E-state index in [4.69, 9.17) is 5.73 Å². The zero-order valence-corrected chi connectivity index (χ0v) is 15.0. The fraction of sp³-hybridized carbons (Fsp3) is 0.143. The van der Waals surface area contributed by atoms with Crippen LogP contribution < -0.4 is 11.1 Å². The van der Waals surface area contributed by atoms with E-state index in [1.54, 1.807) is 35.2 Å². The number of carbonyl (C=O) groups excluding carboxylic acids is 2. The van der Waals surface area contributed by atoms with Crippen LogP contribution in [0.25, 0.3) is 16.5 Å². The van der Waals surface area contributed by atoms with Crippen LogP contribution in [-0.2, 0) is 0 Å². The molecule has 0 unspecified atom stereocenters. The molecule has 4 rings (SSSR count). The molecule has 7 heteroatoms. The van der Waals surface area contributed by atoms with Gasteiger partial charge in [0.15, 0.2) is 0 Å². The number of aromatic nitrogens is 1. The van der Waals surface area contributed by atoms with Crippen molar-refractivity contribution in [1.29, 1.82) is 0 Å². The van der Waals surface area contributed by atoms with E-state index in [2.05, 4.69) is 10.3 Å². The maximum absolute atomic E-state index is 13.4. The first-order valence-corrected chi connectivity index (χ1v) is 8.93. The summed E-state index contributed by atoms with van der Waals surface area (Å²) in [6.07, 6.45) is 4.64. The second-order valence-corrected chi connectivity index (χ2v) is 6.69. The number of nitrogens with two attached hydrogens (primary N) is 1. The maximum Gasteiger partial charge on any atom is 0.316 e. The van der Waals surface area contributed by atoms with E-state index in [1.807, 2.05) is 12.3 Å². The average Bonchev–Trinajstić information content (AvgIpc) is 3.10. The molecular weight excluding hydrogens is 359 g/mol. The average molecular weight is 378 g/mol. The molecule has 2 heterocycles. The van der Waals surface area contributed by atoms with Gasteiger partial charge in [-0.3, -0.25) is 4.79 Å². The van der Waals surface area contributed by atoms with E-state index in [1.165, 1.54) is 12.1 Å². The predicted octanol–water partition coefficient (Wildman–Crippen LogP) is 3.73. The highest BCUT2D eigenvalue weighted by Crippen LogP contribution is 2.30. The molecule has 0 radical (unpaired) electrons. The summed E-state index contributed by atoms with van der Waals surface area (Å²) < 4.78 is 13.4. The lowest BCUT2D eigenvalue weighted by atomic mass is 9.98. The van der Waals surface area contributed by atoms with Crippen LogP contribution in [-0.4, -0.2) is 34.9 Å². The molecular formula is C21H19FN4O2. The van der Waals surface area contributed by atoms with Crippen molar-refractivity contribution in [1.82, 2.24) is 9.88 Å². The summed E-state index contributed by atoms with van der Waals surface area (Å²) in [5.74, 6) is -0.339. The minimum Gasteiger partial charge on any atom is -0.360 e. The smallest absolute Gasteiger partial charge is 0.316 e. The van der Waals surface area contributed by atoms with Crippen molar-refractivity contribution in [2.75, 3.05) is 18.4 Å². The Hall–Kier alpha value is -3.61. The zero-order valence-electron chi connectivity index (χ0n) is 15.0. The molecule has 1 aliphatic heterocycles. The van der Waals surface area contributed by atoms with Gasteiger partial charge in [-0.15, -0.1) is 0 Å². The Kier molecular flexibility index (Phi) is 4.57. The molecule has 3 aromatic rings. The summed E-state index contributed by atoms with van der Waals surface area (Å²) in [7, 11) is 0. The first-order chi connectivity index (χ1) is 13.5. The minimum atomic E-state index is -0.646. The molecule has 6 nitrogen and oxygen atoms in total. The number of nitrogens with one attached hydrogen (secondary N) is 2. The van der Waals surface area contributed by atoms with Gasteiger partial charge < -0.3 is 20.9 Å². The maximum atomic E-state index is 13.4. The van der Waals surface area contributed by atoms with Crippen molar-refractivity contribution < 1.29 is 14.0 Å². The van der Waals surface area contributed by atoms with Crippen molar-refractivity contribution in [3.8, 4) is 0 Å². The van der Waals surface area contributed by atoms with Gasteiger partial charge in [0.25, 0.3) is 5.91 Å². The van der Waals surface area contributed by atoms with Crippen molar-refractivity contribution in [2.45, 2.75) is 6.42 Å². The Balaban J connectivity index is 1.48. The van der Waals surface area contributed by atoms with Crippen molar-refractivity contribution in [3.05, 3.63) is 71.7 Å². The highest BCUT2D eigenvalue weighted by Gasteiger charge is 2.20. The van der Waals surface area contributed by atoms with E-state index >= 15 is 0 Å². The number of benzene rings is 2. The summed E-state index contributed by atoms with van der Waals surface area (Å²) in [4.78, 5) is 28.5. The third-order valence-electron chi connectivity index (χ3n) is 4.89. The van der Waals surface area contributed by atoms with Gasteiger partial charge in [0.05, 0.1) is 0 Å². The van der Waals surface area contributed by atoms with E-state index in [9.17, 15) is 14.0 Å². The largest absolute Gasteiger partial charge is 0.360 e. The van der Waals surface area contributed by atoms with Crippen LogP contribution in [0.1, 0.15) is 22.3 Å². The van der Waals surface area contributed by atoms with E-state index in [0.29, 0.717) is 24.3 Å². The number of hydrogen-bond acceptors (Lipinski definition) is 2. The third kappa shape index (κ3) is 3.46.